The van der Waals surface area contributed by atoms with E-state index in [0.717, 1.165) is 27.8 Å². The third kappa shape index (κ3) is 1.88. The summed E-state index contributed by atoms with van der Waals surface area (Å²) in [5.74, 6) is 0. The summed E-state index contributed by atoms with van der Waals surface area (Å²) in [7, 11) is 0. The standard InChI is InChI=1S/C18H20O2/c1-18(2,3)14-10-6-9-13-15(14)17(20)12-8-5-4-7-11(12)16(13)19/h4-10,16-17,19-20H,1-3H3. The molecule has 2 nitrogen and oxygen atoms in total. The van der Waals surface area contributed by atoms with E-state index in [0.29, 0.717) is 0 Å². The lowest BCUT2D eigenvalue weighted by Gasteiger charge is -2.34. The molecule has 2 aromatic rings. The number of hydrogen-bond acceptors (Lipinski definition) is 2. The van der Waals surface area contributed by atoms with Crippen LogP contribution in [0.5, 0.6) is 0 Å². The fourth-order valence-electron chi connectivity index (χ4n) is 3.11. The number of rotatable bonds is 0. The Hall–Kier alpha value is -1.64. The Morgan fingerprint density at radius 3 is 1.90 bits per heavy atom. The lowest BCUT2D eigenvalue weighted by atomic mass is 9.74. The van der Waals surface area contributed by atoms with Crippen LogP contribution in [0.1, 0.15) is 60.8 Å². The molecule has 20 heavy (non-hydrogen) atoms. The van der Waals surface area contributed by atoms with E-state index in [1.807, 2.05) is 42.5 Å². The van der Waals surface area contributed by atoms with Gasteiger partial charge in [-0.1, -0.05) is 63.2 Å². The minimum Gasteiger partial charge on any atom is -0.384 e. The zero-order chi connectivity index (χ0) is 14.5. The van der Waals surface area contributed by atoms with E-state index in [9.17, 15) is 10.2 Å². The molecule has 2 heteroatoms. The van der Waals surface area contributed by atoms with Crippen molar-refractivity contribution >= 4 is 0 Å². The Morgan fingerprint density at radius 1 is 0.750 bits per heavy atom. The van der Waals surface area contributed by atoms with Crippen molar-refractivity contribution in [2.75, 3.05) is 0 Å². The minimum absolute atomic E-state index is 0.0711. The minimum atomic E-state index is -0.667. The van der Waals surface area contributed by atoms with Gasteiger partial charge in [0.1, 0.15) is 12.2 Å². The van der Waals surface area contributed by atoms with Gasteiger partial charge < -0.3 is 10.2 Å². The summed E-state index contributed by atoms with van der Waals surface area (Å²) >= 11 is 0. The summed E-state index contributed by atoms with van der Waals surface area (Å²) in [5, 5.41) is 21.4. The van der Waals surface area contributed by atoms with Crippen LogP contribution in [0.2, 0.25) is 0 Å². The van der Waals surface area contributed by atoms with Crippen molar-refractivity contribution < 1.29 is 10.2 Å². The Balaban J connectivity index is 2.28. The van der Waals surface area contributed by atoms with Gasteiger partial charge in [-0.05, 0) is 33.2 Å². The maximum absolute atomic E-state index is 10.8. The molecule has 0 amide bonds. The van der Waals surface area contributed by atoms with E-state index in [2.05, 4.69) is 20.8 Å². The van der Waals surface area contributed by atoms with Crippen molar-refractivity contribution in [2.45, 2.75) is 38.4 Å². The van der Waals surface area contributed by atoms with Gasteiger partial charge in [0.25, 0.3) is 0 Å². The van der Waals surface area contributed by atoms with Gasteiger partial charge in [0, 0.05) is 0 Å². The Kier molecular flexibility index (Phi) is 2.96. The van der Waals surface area contributed by atoms with Gasteiger partial charge in [-0.2, -0.15) is 0 Å². The molecule has 0 radical (unpaired) electrons. The zero-order valence-corrected chi connectivity index (χ0v) is 12.1. The summed E-state index contributed by atoms with van der Waals surface area (Å²) in [6.45, 7) is 6.38. The van der Waals surface area contributed by atoms with Gasteiger partial charge in [-0.3, -0.25) is 0 Å². The van der Waals surface area contributed by atoms with Crippen molar-refractivity contribution in [2.24, 2.45) is 0 Å². The molecule has 0 saturated heterocycles. The fourth-order valence-corrected chi connectivity index (χ4v) is 3.11. The van der Waals surface area contributed by atoms with Crippen molar-refractivity contribution in [1.29, 1.82) is 0 Å². The number of fused-ring (bicyclic) bond motifs is 2. The molecule has 2 aromatic carbocycles. The molecule has 2 N–H and O–H groups in total. The second-order valence-corrected chi connectivity index (χ2v) is 6.49. The largest absolute Gasteiger partial charge is 0.384 e. The van der Waals surface area contributed by atoms with E-state index in [1.165, 1.54) is 0 Å². The van der Waals surface area contributed by atoms with Gasteiger partial charge >= 0.3 is 0 Å². The highest BCUT2D eigenvalue weighted by Gasteiger charge is 2.33. The van der Waals surface area contributed by atoms with Gasteiger partial charge in [0.2, 0.25) is 0 Å². The first kappa shape index (κ1) is 13.3. The third-order valence-corrected chi connectivity index (χ3v) is 4.10. The van der Waals surface area contributed by atoms with Crippen LogP contribution in [0, 0.1) is 0 Å². The summed E-state index contributed by atoms with van der Waals surface area (Å²) in [6.07, 6.45) is -1.33. The molecular weight excluding hydrogens is 248 g/mol. The van der Waals surface area contributed by atoms with E-state index < -0.39 is 12.2 Å². The molecule has 3 rings (SSSR count). The second kappa shape index (κ2) is 4.44. The average Bonchev–Trinajstić information content (AvgIpc) is 2.43. The van der Waals surface area contributed by atoms with E-state index in [-0.39, 0.29) is 5.41 Å². The monoisotopic (exact) mass is 268 g/mol. The Labute approximate surface area is 119 Å². The molecule has 0 spiro atoms. The van der Waals surface area contributed by atoms with Crippen LogP contribution < -0.4 is 0 Å². The molecular formula is C18H20O2. The van der Waals surface area contributed by atoms with Gasteiger partial charge in [-0.15, -0.1) is 0 Å². The molecule has 2 unspecified atom stereocenters. The first-order chi connectivity index (χ1) is 9.41. The molecule has 0 saturated carbocycles. The Bertz CT molecular complexity index is 653. The summed E-state index contributed by atoms with van der Waals surface area (Å²) in [4.78, 5) is 0. The Morgan fingerprint density at radius 2 is 1.30 bits per heavy atom. The molecule has 104 valence electrons. The normalized spacial score (nSPS) is 21.2. The van der Waals surface area contributed by atoms with Crippen LogP contribution in [-0.2, 0) is 5.41 Å². The molecule has 0 bridgehead atoms. The highest BCUT2D eigenvalue weighted by Crippen LogP contribution is 2.44. The van der Waals surface area contributed by atoms with Crippen LogP contribution in [0.4, 0.5) is 0 Å². The molecule has 0 fully saturated rings. The van der Waals surface area contributed by atoms with Crippen LogP contribution in [0.3, 0.4) is 0 Å². The number of aliphatic hydroxyl groups excluding tert-OH is 2. The highest BCUT2D eigenvalue weighted by molar-refractivity contribution is 5.54. The molecule has 0 heterocycles. The number of benzene rings is 2. The average molecular weight is 268 g/mol. The lowest BCUT2D eigenvalue weighted by molar-refractivity contribution is 0.171. The molecule has 1 aliphatic carbocycles. The summed E-state index contributed by atoms with van der Waals surface area (Å²) in [5.41, 5.74) is 4.33. The molecule has 0 aromatic heterocycles. The van der Waals surface area contributed by atoms with Crippen molar-refractivity contribution in [3.05, 3.63) is 70.3 Å². The molecule has 0 aliphatic heterocycles. The van der Waals surface area contributed by atoms with Crippen LogP contribution in [0.15, 0.2) is 42.5 Å². The SMILES string of the molecule is CC(C)(C)c1cccc2c1C(O)c1ccccc1C2O. The van der Waals surface area contributed by atoms with E-state index in [1.54, 1.807) is 0 Å². The summed E-state index contributed by atoms with van der Waals surface area (Å²) < 4.78 is 0. The highest BCUT2D eigenvalue weighted by atomic mass is 16.3. The first-order valence-corrected chi connectivity index (χ1v) is 6.99. The predicted molar refractivity (Wildman–Crippen MR) is 79.7 cm³/mol. The first-order valence-electron chi connectivity index (χ1n) is 6.99. The van der Waals surface area contributed by atoms with Gasteiger partial charge in [0.05, 0.1) is 0 Å². The second-order valence-electron chi connectivity index (χ2n) is 6.49. The van der Waals surface area contributed by atoms with Crippen LogP contribution >= 0.6 is 0 Å². The van der Waals surface area contributed by atoms with Crippen LogP contribution in [0.25, 0.3) is 0 Å². The molecule has 1 aliphatic rings. The summed E-state index contributed by atoms with van der Waals surface area (Å²) in [6, 6.07) is 13.5. The van der Waals surface area contributed by atoms with Crippen LogP contribution in [-0.4, -0.2) is 10.2 Å². The quantitative estimate of drug-likeness (QED) is 0.768. The smallest absolute Gasteiger partial charge is 0.105 e. The van der Waals surface area contributed by atoms with Crippen molar-refractivity contribution in [3.63, 3.8) is 0 Å². The zero-order valence-electron chi connectivity index (χ0n) is 12.1. The number of aliphatic hydroxyl groups is 2. The molecule has 2 atom stereocenters. The fraction of sp³-hybridized carbons (Fsp3) is 0.333. The van der Waals surface area contributed by atoms with Gasteiger partial charge in [0.15, 0.2) is 0 Å². The van der Waals surface area contributed by atoms with E-state index >= 15 is 0 Å². The van der Waals surface area contributed by atoms with E-state index in [4.69, 9.17) is 0 Å². The lowest BCUT2D eigenvalue weighted by Crippen LogP contribution is -2.24. The van der Waals surface area contributed by atoms with Gasteiger partial charge in [-0.25, -0.2) is 0 Å². The van der Waals surface area contributed by atoms with Crippen molar-refractivity contribution in [3.8, 4) is 0 Å². The maximum Gasteiger partial charge on any atom is 0.105 e. The van der Waals surface area contributed by atoms with Crippen molar-refractivity contribution in [1.82, 2.24) is 0 Å². The topological polar surface area (TPSA) is 40.5 Å². The number of hydrogen-bond donors (Lipinski definition) is 2. The predicted octanol–water partition coefficient (Wildman–Crippen LogP) is 3.46. The third-order valence-electron chi connectivity index (χ3n) is 4.10. The maximum atomic E-state index is 10.8.